The van der Waals surface area contributed by atoms with Crippen molar-refractivity contribution in [2.75, 3.05) is 13.8 Å². The quantitative estimate of drug-likeness (QED) is 0.875. The molecule has 6 heteroatoms. The first-order valence-electron chi connectivity index (χ1n) is 6.39. The number of carbonyl (C=O) groups is 1. The van der Waals surface area contributed by atoms with Crippen molar-refractivity contribution in [3.8, 4) is 11.5 Å². The number of halogens is 1. The fourth-order valence-electron chi connectivity index (χ4n) is 2.10. The summed E-state index contributed by atoms with van der Waals surface area (Å²) in [7, 11) is 1.72. The zero-order valence-corrected chi connectivity index (χ0v) is 12.1. The van der Waals surface area contributed by atoms with Gasteiger partial charge in [-0.05, 0) is 29.8 Å². The molecule has 21 heavy (non-hydrogen) atoms. The number of fused-ring (bicyclic) bond motifs is 1. The minimum absolute atomic E-state index is 0.185. The average molecular weight is 305 g/mol. The fraction of sp³-hybridized carbons (Fsp3) is 0.200. The molecular formula is C15H13ClN2O3. The normalized spacial score (nSPS) is 12.3. The number of aromatic nitrogens is 1. The molecule has 0 bridgehead atoms. The molecule has 0 fully saturated rings. The van der Waals surface area contributed by atoms with E-state index < -0.39 is 0 Å². The number of nitrogens with zero attached hydrogens (tertiary/aromatic N) is 2. The lowest BCUT2D eigenvalue weighted by Gasteiger charge is -2.17. The third-order valence-corrected chi connectivity index (χ3v) is 3.38. The summed E-state index contributed by atoms with van der Waals surface area (Å²) < 4.78 is 10.6. The maximum atomic E-state index is 12.3. The van der Waals surface area contributed by atoms with Crippen molar-refractivity contribution in [2.24, 2.45) is 0 Å². The topological polar surface area (TPSA) is 51.7 Å². The highest BCUT2D eigenvalue weighted by molar-refractivity contribution is 6.30. The maximum Gasteiger partial charge on any atom is 0.272 e. The van der Waals surface area contributed by atoms with Gasteiger partial charge in [-0.3, -0.25) is 9.78 Å². The van der Waals surface area contributed by atoms with Crippen LogP contribution in [0.1, 0.15) is 16.1 Å². The van der Waals surface area contributed by atoms with E-state index in [-0.39, 0.29) is 12.7 Å². The van der Waals surface area contributed by atoms with Gasteiger partial charge in [0.05, 0.1) is 0 Å². The van der Waals surface area contributed by atoms with Crippen LogP contribution in [0.5, 0.6) is 11.5 Å². The van der Waals surface area contributed by atoms with Crippen LogP contribution in [0.25, 0.3) is 0 Å². The third-order valence-electron chi connectivity index (χ3n) is 3.14. The number of amides is 1. The van der Waals surface area contributed by atoms with E-state index in [9.17, 15) is 4.79 Å². The molecular weight excluding hydrogens is 292 g/mol. The third kappa shape index (κ3) is 2.92. The van der Waals surface area contributed by atoms with Crippen molar-refractivity contribution in [1.29, 1.82) is 0 Å². The van der Waals surface area contributed by atoms with Gasteiger partial charge in [-0.15, -0.1) is 0 Å². The standard InChI is InChI=1S/C15H13ClN2O3/c1-18(15(19)12-7-11(16)4-5-17-12)8-10-2-3-13-14(6-10)21-9-20-13/h2-7H,8-9H2,1H3. The predicted molar refractivity (Wildman–Crippen MR) is 77.6 cm³/mol. The summed E-state index contributed by atoms with van der Waals surface area (Å²) >= 11 is 5.88. The molecule has 0 N–H and O–H groups in total. The van der Waals surface area contributed by atoms with Crippen molar-refractivity contribution in [3.63, 3.8) is 0 Å². The van der Waals surface area contributed by atoms with E-state index in [1.165, 1.54) is 6.20 Å². The Morgan fingerprint density at radius 1 is 1.29 bits per heavy atom. The van der Waals surface area contributed by atoms with Gasteiger partial charge in [0.1, 0.15) is 5.69 Å². The second-order valence-electron chi connectivity index (χ2n) is 4.71. The molecule has 0 unspecified atom stereocenters. The van der Waals surface area contributed by atoms with Crippen LogP contribution in [-0.2, 0) is 6.54 Å². The van der Waals surface area contributed by atoms with E-state index in [2.05, 4.69) is 4.98 Å². The number of pyridine rings is 1. The van der Waals surface area contributed by atoms with E-state index in [4.69, 9.17) is 21.1 Å². The highest BCUT2D eigenvalue weighted by Crippen LogP contribution is 2.32. The zero-order chi connectivity index (χ0) is 14.8. The second-order valence-corrected chi connectivity index (χ2v) is 5.14. The monoisotopic (exact) mass is 304 g/mol. The SMILES string of the molecule is CN(Cc1ccc2c(c1)OCO2)C(=O)c1cc(Cl)ccn1. The number of rotatable bonds is 3. The number of ether oxygens (including phenoxy) is 2. The summed E-state index contributed by atoms with van der Waals surface area (Å²) in [6, 6.07) is 8.81. The molecule has 1 amide bonds. The van der Waals surface area contributed by atoms with Gasteiger partial charge in [0.2, 0.25) is 6.79 Å². The largest absolute Gasteiger partial charge is 0.454 e. The van der Waals surface area contributed by atoms with Crippen LogP contribution in [0.3, 0.4) is 0 Å². The van der Waals surface area contributed by atoms with E-state index >= 15 is 0 Å². The minimum Gasteiger partial charge on any atom is -0.454 e. The summed E-state index contributed by atoms with van der Waals surface area (Å²) in [6.45, 7) is 0.684. The van der Waals surface area contributed by atoms with Gasteiger partial charge < -0.3 is 14.4 Å². The van der Waals surface area contributed by atoms with Gasteiger partial charge in [0.25, 0.3) is 5.91 Å². The predicted octanol–water partition coefficient (Wildman–Crippen LogP) is 2.74. The Hall–Kier alpha value is -2.27. The van der Waals surface area contributed by atoms with Crippen molar-refractivity contribution >= 4 is 17.5 Å². The zero-order valence-electron chi connectivity index (χ0n) is 11.4. The molecule has 108 valence electrons. The van der Waals surface area contributed by atoms with Gasteiger partial charge in [0.15, 0.2) is 11.5 Å². The summed E-state index contributed by atoms with van der Waals surface area (Å²) in [5.41, 5.74) is 1.28. The number of benzene rings is 1. The lowest BCUT2D eigenvalue weighted by molar-refractivity contribution is 0.0779. The van der Waals surface area contributed by atoms with Gasteiger partial charge in [-0.25, -0.2) is 0 Å². The molecule has 3 rings (SSSR count). The van der Waals surface area contributed by atoms with Gasteiger partial charge >= 0.3 is 0 Å². The average Bonchev–Trinajstić information content (AvgIpc) is 2.94. The van der Waals surface area contributed by atoms with Crippen LogP contribution in [-0.4, -0.2) is 29.6 Å². The minimum atomic E-state index is -0.185. The Balaban J connectivity index is 1.74. The molecule has 0 spiro atoms. The van der Waals surface area contributed by atoms with Crippen molar-refractivity contribution in [2.45, 2.75) is 6.54 Å². The fourth-order valence-corrected chi connectivity index (χ4v) is 2.26. The molecule has 2 heterocycles. The Morgan fingerprint density at radius 3 is 2.90 bits per heavy atom. The molecule has 2 aromatic rings. The first kappa shape index (κ1) is 13.7. The Kier molecular flexibility index (Phi) is 3.66. The smallest absolute Gasteiger partial charge is 0.272 e. The molecule has 0 atom stereocenters. The summed E-state index contributed by atoms with van der Waals surface area (Å²) in [5.74, 6) is 1.24. The van der Waals surface area contributed by atoms with Crippen molar-refractivity contribution < 1.29 is 14.3 Å². The number of hydrogen-bond acceptors (Lipinski definition) is 4. The summed E-state index contributed by atoms with van der Waals surface area (Å²) in [4.78, 5) is 17.9. The number of hydrogen-bond donors (Lipinski definition) is 0. The van der Waals surface area contributed by atoms with Crippen LogP contribution in [0.2, 0.25) is 5.02 Å². The van der Waals surface area contributed by atoms with Gasteiger partial charge in [-0.2, -0.15) is 0 Å². The lowest BCUT2D eigenvalue weighted by atomic mass is 10.2. The second kappa shape index (κ2) is 5.61. The molecule has 5 nitrogen and oxygen atoms in total. The van der Waals surface area contributed by atoms with Crippen LogP contribution in [0.15, 0.2) is 36.5 Å². The molecule has 1 aromatic carbocycles. The van der Waals surface area contributed by atoms with Crippen LogP contribution >= 0.6 is 11.6 Å². The van der Waals surface area contributed by atoms with E-state index in [0.717, 1.165) is 11.3 Å². The Morgan fingerprint density at radius 2 is 2.10 bits per heavy atom. The van der Waals surface area contributed by atoms with Gasteiger partial charge in [0, 0.05) is 24.8 Å². The van der Waals surface area contributed by atoms with E-state index in [1.807, 2.05) is 18.2 Å². The van der Waals surface area contributed by atoms with E-state index in [0.29, 0.717) is 23.0 Å². The maximum absolute atomic E-state index is 12.3. The Labute approximate surface area is 127 Å². The summed E-state index contributed by atoms with van der Waals surface area (Å²) in [5, 5.41) is 0.491. The van der Waals surface area contributed by atoms with Crippen molar-refractivity contribution in [3.05, 3.63) is 52.8 Å². The lowest BCUT2D eigenvalue weighted by Crippen LogP contribution is -2.26. The number of carbonyl (C=O) groups excluding carboxylic acids is 1. The van der Waals surface area contributed by atoms with Crippen LogP contribution < -0.4 is 9.47 Å². The molecule has 1 aromatic heterocycles. The van der Waals surface area contributed by atoms with Crippen LogP contribution in [0, 0.1) is 0 Å². The Bertz CT molecular complexity index is 690. The molecule has 0 aliphatic carbocycles. The molecule has 1 aliphatic heterocycles. The van der Waals surface area contributed by atoms with Crippen molar-refractivity contribution in [1.82, 2.24) is 9.88 Å². The highest BCUT2D eigenvalue weighted by atomic mass is 35.5. The molecule has 0 saturated heterocycles. The van der Waals surface area contributed by atoms with E-state index in [1.54, 1.807) is 24.1 Å². The molecule has 0 radical (unpaired) electrons. The highest BCUT2D eigenvalue weighted by Gasteiger charge is 2.17. The van der Waals surface area contributed by atoms with Crippen LogP contribution in [0.4, 0.5) is 0 Å². The van der Waals surface area contributed by atoms with Gasteiger partial charge in [-0.1, -0.05) is 17.7 Å². The first-order chi connectivity index (χ1) is 10.1. The first-order valence-corrected chi connectivity index (χ1v) is 6.77. The summed E-state index contributed by atoms with van der Waals surface area (Å²) in [6.07, 6.45) is 1.52. The molecule has 1 aliphatic rings. The molecule has 0 saturated carbocycles.